The first-order valence-corrected chi connectivity index (χ1v) is 10.2. The van der Waals surface area contributed by atoms with Gasteiger partial charge in [0.1, 0.15) is 11.6 Å². The predicted octanol–water partition coefficient (Wildman–Crippen LogP) is 3.69. The maximum absolute atomic E-state index is 13.1. The molecule has 1 aliphatic heterocycles. The van der Waals surface area contributed by atoms with E-state index in [1.54, 1.807) is 0 Å². The molecule has 6 heteroatoms. The number of fused-ring (bicyclic) bond motifs is 1. The van der Waals surface area contributed by atoms with Crippen LogP contribution < -0.4 is 9.64 Å². The number of amides is 1. The minimum Gasteiger partial charge on any atom is -0.478 e. The Bertz CT molecular complexity index is 1010. The molecule has 0 radical (unpaired) electrons. The molecule has 4 rings (SSSR count). The first kappa shape index (κ1) is 19.2. The number of carbonyl (C=O) groups is 1. The fraction of sp³-hybridized carbons (Fsp3) is 0.348. The molecule has 3 aromatic rings. The Morgan fingerprint density at radius 3 is 2.59 bits per heavy atom. The number of ether oxygens (including phenoxy) is 1. The molecule has 150 valence electrons. The number of aromatic nitrogens is 2. The molecule has 0 spiro atoms. The molecule has 2 aromatic carbocycles. The molecule has 0 bridgehead atoms. The van der Waals surface area contributed by atoms with E-state index in [9.17, 15) is 4.79 Å². The molecule has 0 atom stereocenters. The summed E-state index contributed by atoms with van der Waals surface area (Å²) in [6.07, 6.45) is 0.938. The van der Waals surface area contributed by atoms with Crippen LogP contribution >= 0.6 is 0 Å². The molecule has 0 saturated carbocycles. The molecule has 1 saturated heterocycles. The Morgan fingerprint density at radius 2 is 1.79 bits per heavy atom. The molecule has 29 heavy (non-hydrogen) atoms. The van der Waals surface area contributed by atoms with Crippen molar-refractivity contribution < 1.29 is 9.53 Å². The van der Waals surface area contributed by atoms with Crippen LogP contribution in [0.2, 0.25) is 0 Å². The summed E-state index contributed by atoms with van der Waals surface area (Å²) in [7, 11) is 0. The lowest BCUT2D eigenvalue weighted by atomic mass is 10.0. The van der Waals surface area contributed by atoms with Gasteiger partial charge in [-0.1, -0.05) is 43.3 Å². The van der Waals surface area contributed by atoms with Gasteiger partial charge in [-0.2, -0.15) is 4.98 Å². The van der Waals surface area contributed by atoms with Gasteiger partial charge in [-0.25, -0.2) is 4.98 Å². The monoisotopic (exact) mass is 390 g/mol. The van der Waals surface area contributed by atoms with Gasteiger partial charge >= 0.3 is 0 Å². The highest BCUT2D eigenvalue weighted by atomic mass is 16.5. The number of hydrogen-bond donors (Lipinski definition) is 0. The Balaban J connectivity index is 1.47. The summed E-state index contributed by atoms with van der Waals surface area (Å²) in [5.74, 6) is 2.26. The molecule has 0 aliphatic carbocycles. The van der Waals surface area contributed by atoms with E-state index in [0.29, 0.717) is 31.4 Å². The molecule has 1 aliphatic rings. The third-order valence-electron chi connectivity index (χ3n) is 5.17. The minimum absolute atomic E-state index is 0.0901. The van der Waals surface area contributed by atoms with E-state index in [1.807, 2.05) is 60.4 Å². The van der Waals surface area contributed by atoms with Crippen molar-refractivity contribution in [2.75, 3.05) is 37.7 Å². The lowest BCUT2D eigenvalue weighted by molar-refractivity contribution is 0.0748. The van der Waals surface area contributed by atoms with E-state index in [0.717, 1.165) is 41.7 Å². The number of aryl methyl sites for hydroxylation is 1. The van der Waals surface area contributed by atoms with Gasteiger partial charge in [0.05, 0.1) is 6.61 Å². The summed E-state index contributed by atoms with van der Waals surface area (Å²) in [5, 5.41) is 2.10. The van der Waals surface area contributed by atoms with E-state index >= 15 is 0 Å². The third kappa shape index (κ3) is 4.16. The highest BCUT2D eigenvalue weighted by Gasteiger charge is 2.24. The smallest absolute Gasteiger partial charge is 0.254 e. The summed E-state index contributed by atoms with van der Waals surface area (Å²) < 4.78 is 5.68. The van der Waals surface area contributed by atoms with Gasteiger partial charge in [-0.3, -0.25) is 4.79 Å². The number of piperazine rings is 1. The largest absolute Gasteiger partial charge is 0.478 e. The van der Waals surface area contributed by atoms with E-state index in [4.69, 9.17) is 4.74 Å². The average Bonchev–Trinajstić information content (AvgIpc) is 2.76. The lowest BCUT2D eigenvalue weighted by Gasteiger charge is -2.35. The first-order valence-electron chi connectivity index (χ1n) is 10.2. The number of carbonyl (C=O) groups excluding carboxylic acids is 1. The summed E-state index contributed by atoms with van der Waals surface area (Å²) in [5.41, 5.74) is 0.768. The number of hydrogen-bond acceptors (Lipinski definition) is 5. The van der Waals surface area contributed by atoms with Gasteiger partial charge < -0.3 is 14.5 Å². The Labute approximate surface area is 171 Å². The minimum atomic E-state index is 0.0901. The molecule has 1 fully saturated rings. The zero-order valence-electron chi connectivity index (χ0n) is 17.0. The average molecular weight is 390 g/mol. The van der Waals surface area contributed by atoms with E-state index < -0.39 is 0 Å². The van der Waals surface area contributed by atoms with Crippen LogP contribution in [0.4, 0.5) is 5.82 Å². The fourth-order valence-corrected chi connectivity index (χ4v) is 3.69. The van der Waals surface area contributed by atoms with Crippen molar-refractivity contribution >= 4 is 22.5 Å². The van der Waals surface area contributed by atoms with Crippen molar-refractivity contribution in [3.8, 4) is 5.88 Å². The number of benzene rings is 2. The maximum Gasteiger partial charge on any atom is 0.254 e. The summed E-state index contributed by atoms with van der Waals surface area (Å²) in [6, 6.07) is 15.8. The molecule has 6 nitrogen and oxygen atoms in total. The highest BCUT2D eigenvalue weighted by molar-refractivity contribution is 6.07. The van der Waals surface area contributed by atoms with Crippen molar-refractivity contribution in [1.29, 1.82) is 0 Å². The van der Waals surface area contributed by atoms with Gasteiger partial charge in [0.2, 0.25) is 5.88 Å². The fourth-order valence-electron chi connectivity index (χ4n) is 3.69. The second-order valence-electron chi connectivity index (χ2n) is 7.27. The Hall–Kier alpha value is -3.15. The van der Waals surface area contributed by atoms with Crippen LogP contribution in [0.1, 0.15) is 29.5 Å². The molecular weight excluding hydrogens is 364 g/mol. The topological polar surface area (TPSA) is 58.6 Å². The molecule has 2 heterocycles. The van der Waals surface area contributed by atoms with Crippen LogP contribution in [-0.2, 0) is 0 Å². The SMILES string of the molecule is CCCOc1cc(N2CCN(C(=O)c3cccc4ccccc34)CC2)nc(C)n1. The van der Waals surface area contributed by atoms with Crippen molar-refractivity contribution in [2.24, 2.45) is 0 Å². The van der Waals surface area contributed by atoms with Crippen molar-refractivity contribution in [3.05, 3.63) is 59.9 Å². The van der Waals surface area contributed by atoms with Crippen LogP contribution in [0.25, 0.3) is 10.8 Å². The van der Waals surface area contributed by atoms with Crippen molar-refractivity contribution in [2.45, 2.75) is 20.3 Å². The van der Waals surface area contributed by atoms with Crippen molar-refractivity contribution in [1.82, 2.24) is 14.9 Å². The third-order valence-corrected chi connectivity index (χ3v) is 5.17. The van der Waals surface area contributed by atoms with Crippen LogP contribution in [-0.4, -0.2) is 53.6 Å². The quantitative estimate of drug-likeness (QED) is 0.665. The zero-order valence-corrected chi connectivity index (χ0v) is 17.0. The van der Waals surface area contributed by atoms with Gasteiger partial charge in [0.25, 0.3) is 5.91 Å². The lowest BCUT2D eigenvalue weighted by Crippen LogP contribution is -2.49. The predicted molar refractivity (Wildman–Crippen MR) is 115 cm³/mol. The second kappa shape index (κ2) is 8.47. The molecule has 0 unspecified atom stereocenters. The maximum atomic E-state index is 13.1. The van der Waals surface area contributed by atoms with Crippen LogP contribution in [0.5, 0.6) is 5.88 Å². The Morgan fingerprint density at radius 1 is 1.03 bits per heavy atom. The van der Waals surface area contributed by atoms with Gasteiger partial charge in [-0.15, -0.1) is 0 Å². The van der Waals surface area contributed by atoms with E-state index in [2.05, 4.69) is 21.8 Å². The molecule has 1 amide bonds. The standard InChI is InChI=1S/C23H26N4O2/c1-3-15-29-22-16-21(24-17(2)25-22)26-11-13-27(14-12-26)23(28)20-10-6-8-18-7-4-5-9-19(18)20/h4-10,16H,3,11-15H2,1-2H3. The number of rotatable bonds is 5. The van der Waals surface area contributed by atoms with Gasteiger partial charge in [0, 0.05) is 37.8 Å². The summed E-state index contributed by atoms with van der Waals surface area (Å²) in [6.45, 7) is 7.39. The normalized spacial score (nSPS) is 14.3. The second-order valence-corrected chi connectivity index (χ2v) is 7.27. The van der Waals surface area contributed by atoms with Gasteiger partial charge in [0.15, 0.2) is 0 Å². The van der Waals surface area contributed by atoms with Gasteiger partial charge in [-0.05, 0) is 30.2 Å². The molecule has 1 aromatic heterocycles. The van der Waals surface area contributed by atoms with E-state index in [1.165, 1.54) is 0 Å². The summed E-state index contributed by atoms with van der Waals surface area (Å²) >= 11 is 0. The molecule has 0 N–H and O–H groups in total. The number of anilines is 1. The van der Waals surface area contributed by atoms with E-state index in [-0.39, 0.29) is 5.91 Å². The summed E-state index contributed by atoms with van der Waals surface area (Å²) in [4.78, 5) is 26.2. The van der Waals surface area contributed by atoms with Crippen LogP contribution in [0.3, 0.4) is 0 Å². The zero-order chi connectivity index (χ0) is 20.2. The molecular formula is C23H26N4O2. The number of nitrogens with zero attached hydrogens (tertiary/aromatic N) is 4. The van der Waals surface area contributed by atoms with Crippen LogP contribution in [0.15, 0.2) is 48.5 Å². The Kier molecular flexibility index (Phi) is 5.60. The highest BCUT2D eigenvalue weighted by Crippen LogP contribution is 2.23. The van der Waals surface area contributed by atoms with Crippen LogP contribution in [0, 0.1) is 6.92 Å². The van der Waals surface area contributed by atoms with Crippen molar-refractivity contribution in [3.63, 3.8) is 0 Å². The first-order chi connectivity index (χ1) is 14.2.